The molecule has 1 N–H and O–H groups in total. The number of hydrogen-bond acceptors (Lipinski definition) is 3. The zero-order valence-corrected chi connectivity index (χ0v) is 14.8. The number of amides is 1. The third kappa shape index (κ3) is 3.51. The first-order valence-electron chi connectivity index (χ1n) is 8.44. The minimum Gasteiger partial charge on any atom is -0.381 e. The van der Waals surface area contributed by atoms with Crippen LogP contribution in [0.4, 0.5) is 0 Å². The molecule has 2 atom stereocenters. The molecule has 0 bridgehead atoms. The Morgan fingerprint density at radius 2 is 2.04 bits per heavy atom. The highest BCUT2D eigenvalue weighted by molar-refractivity contribution is 5.95. The van der Waals surface area contributed by atoms with Crippen LogP contribution in [0, 0.1) is 13.8 Å². The van der Waals surface area contributed by atoms with Crippen LogP contribution >= 0.6 is 0 Å². The fourth-order valence-corrected chi connectivity index (χ4v) is 3.35. The summed E-state index contributed by atoms with van der Waals surface area (Å²) in [7, 11) is 1.85. The van der Waals surface area contributed by atoms with Crippen molar-refractivity contribution in [3.8, 4) is 0 Å². The fraction of sp³-hybridized carbons (Fsp3) is 0.474. The predicted molar refractivity (Wildman–Crippen MR) is 93.2 cm³/mol. The van der Waals surface area contributed by atoms with Crippen LogP contribution in [0.2, 0.25) is 0 Å². The number of aryl methyl sites for hydroxylation is 3. The van der Waals surface area contributed by atoms with Gasteiger partial charge in [-0.05, 0) is 32.8 Å². The van der Waals surface area contributed by atoms with E-state index in [1.807, 2.05) is 14.0 Å². The number of hydrogen-bond donors (Lipinski definition) is 1. The van der Waals surface area contributed by atoms with Gasteiger partial charge in [-0.25, -0.2) is 0 Å². The van der Waals surface area contributed by atoms with Crippen LogP contribution in [0.15, 0.2) is 24.4 Å². The molecule has 0 unspecified atom stereocenters. The van der Waals surface area contributed by atoms with Crippen molar-refractivity contribution in [1.82, 2.24) is 15.1 Å². The molecule has 3 rings (SSSR count). The number of ether oxygens (including phenoxy) is 1. The standard InChI is InChI=1S/C19H25N3O2/c1-12-7-13(2)9-16(8-12)14(3)20-19(23)17-10-22(4)21-18(17)15-5-6-24-11-15/h7-10,14-15H,5-6,11H2,1-4H3,(H,20,23)/t14-,15-/m1/s1. The van der Waals surface area contributed by atoms with E-state index in [-0.39, 0.29) is 17.9 Å². The number of carbonyl (C=O) groups is 1. The van der Waals surface area contributed by atoms with E-state index in [1.54, 1.807) is 10.9 Å². The maximum atomic E-state index is 12.8. The van der Waals surface area contributed by atoms with Crippen molar-refractivity contribution in [3.05, 3.63) is 52.3 Å². The number of carbonyl (C=O) groups excluding carboxylic acids is 1. The molecule has 1 fully saturated rings. The van der Waals surface area contributed by atoms with Gasteiger partial charge in [-0.3, -0.25) is 9.48 Å². The van der Waals surface area contributed by atoms with Crippen LogP contribution in [-0.2, 0) is 11.8 Å². The van der Waals surface area contributed by atoms with Crippen LogP contribution < -0.4 is 5.32 Å². The topological polar surface area (TPSA) is 56.2 Å². The number of benzene rings is 1. The van der Waals surface area contributed by atoms with Gasteiger partial charge in [0.15, 0.2) is 0 Å². The normalized spacial score (nSPS) is 18.6. The molecule has 1 aliphatic rings. The Bertz CT molecular complexity index is 725. The summed E-state index contributed by atoms with van der Waals surface area (Å²) in [5.74, 6) is 0.139. The molecule has 1 aromatic heterocycles. The summed E-state index contributed by atoms with van der Waals surface area (Å²) >= 11 is 0. The summed E-state index contributed by atoms with van der Waals surface area (Å²) in [6.45, 7) is 7.54. The Hall–Kier alpha value is -2.14. The second-order valence-corrected chi connectivity index (χ2v) is 6.78. The highest BCUT2D eigenvalue weighted by atomic mass is 16.5. The molecule has 0 aliphatic carbocycles. The second kappa shape index (κ2) is 6.77. The van der Waals surface area contributed by atoms with E-state index in [0.717, 1.165) is 24.3 Å². The van der Waals surface area contributed by atoms with E-state index in [4.69, 9.17) is 4.74 Å². The van der Waals surface area contributed by atoms with Crippen LogP contribution in [0.3, 0.4) is 0 Å². The number of aromatic nitrogens is 2. The van der Waals surface area contributed by atoms with Gasteiger partial charge >= 0.3 is 0 Å². The van der Waals surface area contributed by atoms with Gasteiger partial charge in [0.05, 0.1) is 23.9 Å². The third-order valence-electron chi connectivity index (χ3n) is 4.51. The second-order valence-electron chi connectivity index (χ2n) is 6.78. The Morgan fingerprint density at radius 1 is 1.33 bits per heavy atom. The molecule has 1 aromatic carbocycles. The number of nitrogens with one attached hydrogen (secondary N) is 1. The maximum Gasteiger partial charge on any atom is 0.255 e. The monoisotopic (exact) mass is 327 g/mol. The zero-order chi connectivity index (χ0) is 17.3. The van der Waals surface area contributed by atoms with Crippen LogP contribution in [0.5, 0.6) is 0 Å². The molecule has 2 aromatic rings. The average Bonchev–Trinajstić information content (AvgIpc) is 3.14. The molecule has 0 radical (unpaired) electrons. The first kappa shape index (κ1) is 16.7. The van der Waals surface area contributed by atoms with E-state index in [2.05, 4.69) is 42.5 Å². The predicted octanol–water partition coefficient (Wildman–Crippen LogP) is 3.03. The molecule has 0 spiro atoms. The lowest BCUT2D eigenvalue weighted by Gasteiger charge is -2.16. The molecular weight excluding hydrogens is 302 g/mol. The fourth-order valence-electron chi connectivity index (χ4n) is 3.35. The van der Waals surface area contributed by atoms with Crippen molar-refractivity contribution < 1.29 is 9.53 Å². The van der Waals surface area contributed by atoms with Crippen LogP contribution in [0.25, 0.3) is 0 Å². The van der Waals surface area contributed by atoms with E-state index < -0.39 is 0 Å². The molecule has 128 valence electrons. The largest absolute Gasteiger partial charge is 0.381 e. The quantitative estimate of drug-likeness (QED) is 0.939. The maximum absolute atomic E-state index is 12.8. The van der Waals surface area contributed by atoms with Gasteiger partial charge in [0.1, 0.15) is 0 Å². The molecule has 24 heavy (non-hydrogen) atoms. The first-order valence-corrected chi connectivity index (χ1v) is 8.44. The van der Waals surface area contributed by atoms with E-state index >= 15 is 0 Å². The molecule has 2 heterocycles. The zero-order valence-electron chi connectivity index (χ0n) is 14.8. The lowest BCUT2D eigenvalue weighted by atomic mass is 9.99. The van der Waals surface area contributed by atoms with Crippen molar-refractivity contribution in [2.24, 2.45) is 7.05 Å². The highest BCUT2D eigenvalue weighted by Crippen LogP contribution is 2.27. The van der Waals surface area contributed by atoms with Crippen molar-refractivity contribution in [2.75, 3.05) is 13.2 Å². The lowest BCUT2D eigenvalue weighted by Crippen LogP contribution is -2.27. The lowest BCUT2D eigenvalue weighted by molar-refractivity contribution is 0.0938. The first-order chi connectivity index (χ1) is 11.4. The minimum absolute atomic E-state index is 0.0519. The minimum atomic E-state index is -0.0725. The van der Waals surface area contributed by atoms with E-state index in [1.165, 1.54) is 11.1 Å². The Balaban J connectivity index is 1.79. The van der Waals surface area contributed by atoms with Gasteiger partial charge in [-0.2, -0.15) is 5.10 Å². The van der Waals surface area contributed by atoms with Crippen molar-refractivity contribution in [3.63, 3.8) is 0 Å². The third-order valence-corrected chi connectivity index (χ3v) is 4.51. The Labute approximate surface area is 143 Å². The van der Waals surface area contributed by atoms with Crippen molar-refractivity contribution >= 4 is 5.91 Å². The molecule has 1 saturated heterocycles. The molecule has 0 saturated carbocycles. The Morgan fingerprint density at radius 3 is 2.67 bits per heavy atom. The van der Waals surface area contributed by atoms with Gasteiger partial charge in [0.25, 0.3) is 5.91 Å². The van der Waals surface area contributed by atoms with Crippen LogP contribution in [-0.4, -0.2) is 28.9 Å². The van der Waals surface area contributed by atoms with Gasteiger partial charge < -0.3 is 10.1 Å². The number of rotatable bonds is 4. The Kier molecular flexibility index (Phi) is 4.71. The highest BCUT2D eigenvalue weighted by Gasteiger charge is 2.27. The van der Waals surface area contributed by atoms with Gasteiger partial charge in [0.2, 0.25) is 0 Å². The number of nitrogens with zero attached hydrogens (tertiary/aromatic N) is 2. The van der Waals surface area contributed by atoms with Gasteiger partial charge in [-0.1, -0.05) is 29.3 Å². The molecule has 5 nitrogen and oxygen atoms in total. The van der Waals surface area contributed by atoms with Gasteiger partial charge in [-0.15, -0.1) is 0 Å². The molecular formula is C19H25N3O2. The average molecular weight is 327 g/mol. The smallest absolute Gasteiger partial charge is 0.255 e. The van der Waals surface area contributed by atoms with Gasteiger partial charge in [0, 0.05) is 25.8 Å². The SMILES string of the molecule is Cc1cc(C)cc([C@@H](C)NC(=O)c2cn(C)nc2[C@@H]2CCOC2)c1. The van der Waals surface area contributed by atoms with E-state index in [0.29, 0.717) is 12.2 Å². The molecule has 5 heteroatoms. The summed E-state index contributed by atoms with van der Waals surface area (Å²) < 4.78 is 7.16. The van der Waals surface area contributed by atoms with E-state index in [9.17, 15) is 4.79 Å². The molecule has 1 aliphatic heterocycles. The summed E-state index contributed by atoms with van der Waals surface area (Å²) in [6, 6.07) is 6.32. The summed E-state index contributed by atoms with van der Waals surface area (Å²) in [6.07, 6.45) is 2.72. The molecule has 1 amide bonds. The van der Waals surface area contributed by atoms with Crippen molar-refractivity contribution in [1.29, 1.82) is 0 Å². The van der Waals surface area contributed by atoms with Crippen LogP contribution in [0.1, 0.15) is 58.0 Å². The summed E-state index contributed by atoms with van der Waals surface area (Å²) in [4.78, 5) is 12.8. The van der Waals surface area contributed by atoms with Crippen molar-refractivity contribution in [2.45, 2.75) is 39.2 Å². The summed E-state index contributed by atoms with van der Waals surface area (Å²) in [5.41, 5.74) is 5.03. The summed E-state index contributed by atoms with van der Waals surface area (Å²) in [5, 5.41) is 7.61.